The second kappa shape index (κ2) is 5.88. The number of primary amides is 1. The first-order valence-electron chi connectivity index (χ1n) is 7.07. The fourth-order valence-corrected chi connectivity index (χ4v) is 2.39. The number of rotatable bonds is 4. The quantitative estimate of drug-likeness (QED) is 0.640. The molecule has 0 unspecified atom stereocenters. The zero-order chi connectivity index (χ0) is 16.4. The summed E-state index contributed by atoms with van der Waals surface area (Å²) in [6.07, 6.45) is -0.993. The van der Waals surface area contributed by atoms with E-state index in [1.165, 1.54) is 0 Å². The van der Waals surface area contributed by atoms with E-state index in [0.717, 1.165) is 21.8 Å². The molecule has 7 nitrogen and oxygen atoms in total. The van der Waals surface area contributed by atoms with Gasteiger partial charge in [-0.3, -0.25) is 0 Å². The first-order chi connectivity index (χ1) is 11.1. The van der Waals surface area contributed by atoms with E-state index in [9.17, 15) is 4.79 Å². The largest absolute Gasteiger partial charge is 0.477 e. The molecule has 0 fully saturated rings. The van der Waals surface area contributed by atoms with Gasteiger partial charge >= 0.3 is 6.09 Å². The molecule has 0 saturated heterocycles. The van der Waals surface area contributed by atoms with Crippen molar-refractivity contribution in [2.45, 2.75) is 6.92 Å². The molecule has 1 aromatic heterocycles. The fraction of sp³-hybridized carbons (Fsp3) is 0.125. The van der Waals surface area contributed by atoms with Gasteiger partial charge in [-0.1, -0.05) is 30.3 Å². The molecule has 0 spiro atoms. The van der Waals surface area contributed by atoms with Crippen LogP contribution in [0.3, 0.4) is 0 Å². The van der Waals surface area contributed by atoms with Gasteiger partial charge in [0.25, 0.3) is 0 Å². The number of nitrogens with two attached hydrogens (primary N) is 2. The summed E-state index contributed by atoms with van der Waals surface area (Å²) in [4.78, 5) is 18.7. The van der Waals surface area contributed by atoms with Crippen molar-refractivity contribution in [2.24, 2.45) is 11.5 Å². The van der Waals surface area contributed by atoms with Gasteiger partial charge in [0.1, 0.15) is 0 Å². The molecule has 0 aliphatic carbocycles. The van der Waals surface area contributed by atoms with Crippen LogP contribution in [0.5, 0.6) is 0 Å². The Morgan fingerprint density at radius 2 is 2.00 bits per heavy atom. The maximum absolute atomic E-state index is 11.1. The molecule has 1 heterocycles. The lowest BCUT2D eigenvalue weighted by Crippen LogP contribution is -2.17. The molecule has 2 aromatic carbocycles. The van der Waals surface area contributed by atoms with Gasteiger partial charge in [0.2, 0.25) is 11.6 Å². The van der Waals surface area contributed by atoms with Crippen LogP contribution in [0.2, 0.25) is 0 Å². The first kappa shape index (κ1) is 14.7. The number of carbonyl (C=O) groups is 1. The second-order valence-electron chi connectivity index (χ2n) is 4.82. The van der Waals surface area contributed by atoms with Gasteiger partial charge in [-0.15, -0.1) is 0 Å². The summed E-state index contributed by atoms with van der Waals surface area (Å²) in [6.45, 7) is 2.08. The smallest absolute Gasteiger partial charge is 0.410 e. The number of carbonyl (C=O) groups excluding carboxylic acids is 1. The highest BCUT2D eigenvalue weighted by molar-refractivity contribution is 6.04. The predicted octanol–water partition coefficient (Wildman–Crippen LogP) is 2.43. The Kier molecular flexibility index (Phi) is 3.76. The van der Waals surface area contributed by atoms with Crippen LogP contribution in [0, 0.1) is 0 Å². The third kappa shape index (κ3) is 2.76. The van der Waals surface area contributed by atoms with E-state index in [0.29, 0.717) is 6.61 Å². The van der Waals surface area contributed by atoms with E-state index in [1.807, 2.05) is 36.4 Å². The van der Waals surface area contributed by atoms with E-state index in [4.69, 9.17) is 20.9 Å². The lowest BCUT2D eigenvalue weighted by Gasteiger charge is -2.08. The summed E-state index contributed by atoms with van der Waals surface area (Å²) < 4.78 is 10.2. The van der Waals surface area contributed by atoms with Crippen LogP contribution in [-0.4, -0.2) is 22.7 Å². The number of H-pyrrole nitrogens is 1. The van der Waals surface area contributed by atoms with Crippen molar-refractivity contribution >= 4 is 33.7 Å². The van der Waals surface area contributed by atoms with Gasteiger partial charge < -0.3 is 25.9 Å². The molecule has 0 radical (unpaired) electrons. The molecule has 1 amide bonds. The van der Waals surface area contributed by atoms with Crippen LogP contribution in [-0.2, 0) is 9.47 Å². The third-order valence-electron chi connectivity index (χ3n) is 3.32. The maximum atomic E-state index is 11.1. The van der Waals surface area contributed by atoms with E-state index in [2.05, 4.69) is 9.97 Å². The molecule has 0 saturated carbocycles. The Bertz CT molecular complexity index is 914. The zero-order valence-corrected chi connectivity index (χ0v) is 12.5. The molecular weight excluding hydrogens is 296 g/mol. The molecule has 3 aromatic rings. The van der Waals surface area contributed by atoms with Crippen LogP contribution < -0.4 is 11.5 Å². The van der Waals surface area contributed by atoms with Gasteiger partial charge in [0.05, 0.1) is 17.6 Å². The van der Waals surface area contributed by atoms with Crippen molar-refractivity contribution in [3.63, 3.8) is 0 Å². The highest BCUT2D eigenvalue weighted by atomic mass is 16.6. The molecule has 7 heteroatoms. The Hall–Kier alpha value is -3.22. The monoisotopic (exact) mass is 312 g/mol. The minimum atomic E-state index is -0.993. The van der Waals surface area contributed by atoms with Gasteiger partial charge in [-0.25, -0.2) is 9.78 Å². The topological polar surface area (TPSA) is 116 Å². The molecule has 0 aliphatic heterocycles. The summed E-state index contributed by atoms with van der Waals surface area (Å²) in [5.74, 6) is 0.190. The highest BCUT2D eigenvalue weighted by Gasteiger charge is 2.18. The number of fused-ring (bicyclic) bond motifs is 3. The van der Waals surface area contributed by atoms with Crippen molar-refractivity contribution in [1.29, 1.82) is 0 Å². The fourth-order valence-electron chi connectivity index (χ4n) is 2.39. The predicted molar refractivity (Wildman–Crippen MR) is 87.0 cm³/mol. The number of nitrogens with one attached hydrogen (secondary N) is 1. The van der Waals surface area contributed by atoms with Crippen LogP contribution in [0.25, 0.3) is 27.6 Å². The average molecular weight is 312 g/mol. The SMILES string of the molecule is CCOC(N)=C(OC(N)=O)c1nc2c(ccc3ccccc32)[nH]1. The van der Waals surface area contributed by atoms with Gasteiger partial charge in [-0.2, -0.15) is 0 Å². The van der Waals surface area contributed by atoms with Crippen LogP contribution in [0.15, 0.2) is 42.3 Å². The van der Waals surface area contributed by atoms with Crippen molar-refractivity contribution < 1.29 is 14.3 Å². The molecule has 0 atom stereocenters. The summed E-state index contributed by atoms with van der Waals surface area (Å²) in [7, 11) is 0. The number of benzene rings is 2. The standard InChI is InChI=1S/C16H16N4O3/c1-2-22-14(17)13(23-16(18)21)15-19-11-8-7-9-5-3-4-6-10(9)12(11)20-15/h3-8H,2,17H2,1H3,(H2,18,21)(H,19,20). The number of aromatic amines is 1. The second-order valence-corrected chi connectivity index (χ2v) is 4.82. The number of ether oxygens (including phenoxy) is 2. The van der Waals surface area contributed by atoms with Gasteiger partial charge in [0, 0.05) is 5.39 Å². The average Bonchev–Trinajstić information content (AvgIpc) is 2.97. The number of aromatic nitrogens is 2. The van der Waals surface area contributed by atoms with Crippen molar-refractivity contribution in [3.8, 4) is 0 Å². The number of nitrogens with zero attached hydrogens (tertiary/aromatic N) is 1. The van der Waals surface area contributed by atoms with Crippen LogP contribution in [0.1, 0.15) is 12.7 Å². The van der Waals surface area contributed by atoms with Crippen molar-refractivity contribution in [1.82, 2.24) is 9.97 Å². The lowest BCUT2D eigenvalue weighted by atomic mass is 10.1. The molecule has 118 valence electrons. The summed E-state index contributed by atoms with van der Waals surface area (Å²) >= 11 is 0. The Labute approximate surface area is 131 Å². The number of imidazole rings is 1. The Balaban J connectivity index is 2.19. The van der Waals surface area contributed by atoms with Crippen molar-refractivity contribution in [2.75, 3.05) is 6.61 Å². The van der Waals surface area contributed by atoms with Crippen LogP contribution >= 0.6 is 0 Å². The summed E-state index contributed by atoms with van der Waals surface area (Å²) in [5.41, 5.74) is 12.4. The molecule has 23 heavy (non-hydrogen) atoms. The molecule has 5 N–H and O–H groups in total. The van der Waals surface area contributed by atoms with E-state index < -0.39 is 6.09 Å². The van der Waals surface area contributed by atoms with Crippen molar-refractivity contribution in [3.05, 3.63) is 48.1 Å². The highest BCUT2D eigenvalue weighted by Crippen LogP contribution is 2.26. The molecule has 0 bridgehead atoms. The van der Waals surface area contributed by atoms with Crippen LogP contribution in [0.4, 0.5) is 4.79 Å². The molecule has 0 aliphatic rings. The zero-order valence-electron chi connectivity index (χ0n) is 12.5. The van der Waals surface area contributed by atoms with E-state index in [-0.39, 0.29) is 17.5 Å². The van der Waals surface area contributed by atoms with Gasteiger partial charge in [0.15, 0.2) is 5.82 Å². The van der Waals surface area contributed by atoms with E-state index in [1.54, 1.807) is 6.92 Å². The minimum Gasteiger partial charge on any atom is -0.477 e. The first-order valence-corrected chi connectivity index (χ1v) is 7.07. The van der Waals surface area contributed by atoms with Gasteiger partial charge in [-0.05, 0) is 18.4 Å². The Morgan fingerprint density at radius 1 is 1.22 bits per heavy atom. The number of amides is 1. The Morgan fingerprint density at radius 3 is 2.74 bits per heavy atom. The lowest BCUT2D eigenvalue weighted by molar-refractivity contribution is 0.187. The number of hydrogen-bond acceptors (Lipinski definition) is 5. The summed E-state index contributed by atoms with van der Waals surface area (Å²) in [5, 5.41) is 2.03. The summed E-state index contributed by atoms with van der Waals surface area (Å²) in [6, 6.07) is 11.7. The van der Waals surface area contributed by atoms with E-state index >= 15 is 0 Å². The maximum Gasteiger partial charge on any atom is 0.410 e. The minimum absolute atomic E-state index is 0.0281. The molecule has 3 rings (SSSR count). The number of hydrogen-bond donors (Lipinski definition) is 3. The molecular formula is C16H16N4O3. The normalized spacial score (nSPS) is 12.2. The third-order valence-corrected chi connectivity index (χ3v) is 3.32.